The van der Waals surface area contributed by atoms with Crippen molar-refractivity contribution < 1.29 is 13.2 Å². The number of hydrogen-bond acceptors (Lipinski definition) is 3. The Morgan fingerprint density at radius 1 is 1.30 bits per heavy atom. The van der Waals surface area contributed by atoms with Gasteiger partial charge in [-0.25, -0.2) is 0 Å². The summed E-state index contributed by atoms with van der Waals surface area (Å²) in [5.41, 5.74) is 2.13. The molecule has 20 heavy (non-hydrogen) atoms. The van der Waals surface area contributed by atoms with Gasteiger partial charge in [0, 0.05) is 38.9 Å². The summed E-state index contributed by atoms with van der Waals surface area (Å²) in [7, 11) is -1.84. The van der Waals surface area contributed by atoms with Crippen LogP contribution >= 0.6 is 0 Å². The maximum absolute atomic E-state index is 12.1. The quantitative estimate of drug-likeness (QED) is 0.802. The standard InChI is InChI=1S/C15H20O3S2/c1-13(14-6-4-3-5-7-14)10-18-11-15(2)12-19(16)8-9-20(15)17/h3-7,10H,8-9,11-12H2,1-2H3/b13-10-. The van der Waals surface area contributed by atoms with Gasteiger partial charge in [-0.2, -0.15) is 0 Å². The summed E-state index contributed by atoms with van der Waals surface area (Å²) in [5.74, 6) is 1.51. The molecule has 1 saturated heterocycles. The molecule has 1 heterocycles. The van der Waals surface area contributed by atoms with Crippen LogP contribution in [0.2, 0.25) is 0 Å². The maximum Gasteiger partial charge on any atom is 0.105 e. The van der Waals surface area contributed by atoms with Gasteiger partial charge >= 0.3 is 0 Å². The highest BCUT2D eigenvalue weighted by Crippen LogP contribution is 2.22. The zero-order chi connectivity index (χ0) is 14.6. The third-order valence-corrected chi connectivity index (χ3v) is 7.39. The van der Waals surface area contributed by atoms with Crippen molar-refractivity contribution in [1.82, 2.24) is 0 Å². The Hall–Kier alpha value is -0.940. The summed E-state index contributed by atoms with van der Waals surface area (Å²) in [4.78, 5) is 0. The third-order valence-electron chi connectivity index (χ3n) is 3.39. The topological polar surface area (TPSA) is 43.4 Å². The second-order valence-corrected chi connectivity index (χ2v) is 8.93. The average Bonchev–Trinajstić information content (AvgIpc) is 2.44. The van der Waals surface area contributed by atoms with E-state index in [0.717, 1.165) is 11.1 Å². The smallest absolute Gasteiger partial charge is 0.105 e. The zero-order valence-corrected chi connectivity index (χ0v) is 13.5. The fourth-order valence-electron chi connectivity index (χ4n) is 2.11. The minimum Gasteiger partial charge on any atom is -0.499 e. The molecular weight excluding hydrogens is 292 g/mol. The van der Waals surface area contributed by atoms with E-state index in [0.29, 0.717) is 23.9 Å². The molecule has 3 unspecified atom stereocenters. The van der Waals surface area contributed by atoms with Crippen LogP contribution in [0.15, 0.2) is 36.6 Å². The van der Waals surface area contributed by atoms with Crippen LogP contribution in [-0.4, -0.2) is 37.0 Å². The van der Waals surface area contributed by atoms with Gasteiger partial charge in [-0.15, -0.1) is 0 Å². The Labute approximate surface area is 125 Å². The van der Waals surface area contributed by atoms with Crippen LogP contribution in [0.3, 0.4) is 0 Å². The first-order valence-corrected chi connectivity index (χ1v) is 9.39. The van der Waals surface area contributed by atoms with Gasteiger partial charge in [0.2, 0.25) is 0 Å². The van der Waals surface area contributed by atoms with Crippen molar-refractivity contribution in [3.05, 3.63) is 42.2 Å². The van der Waals surface area contributed by atoms with Gasteiger partial charge in [0.1, 0.15) is 6.61 Å². The molecule has 3 atom stereocenters. The molecule has 0 radical (unpaired) electrons. The van der Waals surface area contributed by atoms with E-state index in [1.54, 1.807) is 6.26 Å². The van der Waals surface area contributed by atoms with Gasteiger partial charge in [-0.1, -0.05) is 30.3 Å². The fourth-order valence-corrected chi connectivity index (χ4v) is 5.98. The number of benzene rings is 1. The summed E-state index contributed by atoms with van der Waals surface area (Å²) in [5, 5.41) is 0. The SMILES string of the molecule is C/C(=C/OCC1(C)CS(=O)CCS1=O)c1ccccc1. The molecule has 1 aromatic carbocycles. The highest BCUT2D eigenvalue weighted by atomic mass is 32.2. The average molecular weight is 312 g/mol. The molecule has 0 amide bonds. The first kappa shape index (κ1) is 15.4. The minimum atomic E-state index is -0.971. The number of allylic oxidation sites excluding steroid dienone is 1. The van der Waals surface area contributed by atoms with E-state index < -0.39 is 26.3 Å². The van der Waals surface area contributed by atoms with Crippen molar-refractivity contribution in [1.29, 1.82) is 0 Å². The summed E-state index contributed by atoms with van der Waals surface area (Å²) in [6, 6.07) is 9.97. The van der Waals surface area contributed by atoms with Crippen molar-refractivity contribution in [3.8, 4) is 0 Å². The van der Waals surface area contributed by atoms with Crippen LogP contribution in [0.4, 0.5) is 0 Å². The third kappa shape index (κ3) is 3.79. The molecule has 0 N–H and O–H groups in total. The van der Waals surface area contributed by atoms with Crippen LogP contribution in [0.1, 0.15) is 19.4 Å². The summed E-state index contributed by atoms with van der Waals surface area (Å²) in [6.45, 7) is 4.22. The van der Waals surface area contributed by atoms with Gasteiger partial charge in [-0.05, 0) is 25.0 Å². The van der Waals surface area contributed by atoms with Gasteiger partial charge < -0.3 is 4.74 Å². The van der Waals surface area contributed by atoms with Crippen LogP contribution in [0, 0.1) is 0 Å². The van der Waals surface area contributed by atoms with Crippen LogP contribution in [-0.2, 0) is 26.3 Å². The zero-order valence-electron chi connectivity index (χ0n) is 11.8. The van der Waals surface area contributed by atoms with Gasteiger partial charge in [0.25, 0.3) is 0 Å². The summed E-state index contributed by atoms with van der Waals surface area (Å²) >= 11 is 0. The molecule has 1 fully saturated rings. The highest BCUT2D eigenvalue weighted by Gasteiger charge is 2.38. The van der Waals surface area contributed by atoms with Crippen molar-refractivity contribution in [2.75, 3.05) is 23.9 Å². The van der Waals surface area contributed by atoms with Gasteiger partial charge in [0.15, 0.2) is 0 Å². The normalized spacial score (nSPS) is 31.0. The van der Waals surface area contributed by atoms with E-state index in [1.807, 2.05) is 44.2 Å². The summed E-state index contributed by atoms with van der Waals surface area (Å²) < 4.78 is 28.8. The molecule has 1 aromatic rings. The molecule has 0 aliphatic carbocycles. The lowest BCUT2D eigenvalue weighted by atomic mass is 10.1. The van der Waals surface area contributed by atoms with E-state index in [2.05, 4.69) is 0 Å². The fraction of sp³-hybridized carbons (Fsp3) is 0.467. The molecule has 2 rings (SSSR count). The van der Waals surface area contributed by atoms with Crippen molar-refractivity contribution >= 4 is 27.2 Å². The molecule has 110 valence electrons. The van der Waals surface area contributed by atoms with Gasteiger partial charge in [-0.3, -0.25) is 8.42 Å². The molecule has 0 bridgehead atoms. The molecular formula is C15H20O3S2. The van der Waals surface area contributed by atoms with Crippen molar-refractivity contribution in [2.45, 2.75) is 18.6 Å². The molecule has 0 spiro atoms. The second-order valence-electron chi connectivity index (χ2n) is 5.27. The van der Waals surface area contributed by atoms with E-state index >= 15 is 0 Å². The lowest BCUT2D eigenvalue weighted by Gasteiger charge is -2.31. The molecule has 1 aliphatic rings. The monoisotopic (exact) mass is 312 g/mol. The predicted octanol–water partition coefficient (Wildman–Crippen LogP) is 2.33. The molecule has 3 nitrogen and oxygen atoms in total. The van der Waals surface area contributed by atoms with E-state index in [1.165, 1.54) is 0 Å². The number of hydrogen-bond donors (Lipinski definition) is 0. The largest absolute Gasteiger partial charge is 0.499 e. The van der Waals surface area contributed by atoms with Crippen molar-refractivity contribution in [2.24, 2.45) is 0 Å². The Balaban J connectivity index is 1.98. The van der Waals surface area contributed by atoms with E-state index in [-0.39, 0.29) is 0 Å². The van der Waals surface area contributed by atoms with Gasteiger partial charge in [0.05, 0.1) is 11.0 Å². The molecule has 0 aromatic heterocycles. The van der Waals surface area contributed by atoms with Crippen molar-refractivity contribution in [3.63, 3.8) is 0 Å². The Morgan fingerprint density at radius 2 is 2.00 bits per heavy atom. The van der Waals surface area contributed by atoms with E-state index in [4.69, 9.17) is 4.74 Å². The van der Waals surface area contributed by atoms with Crippen LogP contribution in [0.5, 0.6) is 0 Å². The Kier molecular flexibility index (Phi) is 5.16. The Morgan fingerprint density at radius 3 is 2.70 bits per heavy atom. The second kappa shape index (κ2) is 6.68. The molecule has 0 saturated carbocycles. The lowest BCUT2D eigenvalue weighted by molar-refractivity contribution is 0.225. The number of rotatable bonds is 4. The number of ether oxygens (including phenoxy) is 1. The molecule has 5 heteroatoms. The summed E-state index contributed by atoms with van der Waals surface area (Å²) in [6.07, 6.45) is 1.70. The molecule has 1 aliphatic heterocycles. The highest BCUT2D eigenvalue weighted by molar-refractivity contribution is 7.93. The predicted molar refractivity (Wildman–Crippen MR) is 85.3 cm³/mol. The first-order valence-electron chi connectivity index (χ1n) is 6.58. The lowest BCUT2D eigenvalue weighted by Crippen LogP contribution is -2.47. The van der Waals surface area contributed by atoms with E-state index in [9.17, 15) is 8.42 Å². The van der Waals surface area contributed by atoms with Crippen LogP contribution in [0.25, 0.3) is 5.57 Å². The maximum atomic E-state index is 12.1. The first-order chi connectivity index (χ1) is 9.51. The minimum absolute atomic E-state index is 0.343. The van der Waals surface area contributed by atoms with Crippen LogP contribution < -0.4 is 0 Å². The Bertz CT molecular complexity index is 539.